The summed E-state index contributed by atoms with van der Waals surface area (Å²) in [4.78, 5) is 22.2. The number of hydrogen-bond acceptors (Lipinski definition) is 4. The predicted octanol–water partition coefficient (Wildman–Crippen LogP) is -0.977. The maximum atomic E-state index is 11.5. The summed E-state index contributed by atoms with van der Waals surface area (Å²) in [6.07, 6.45) is 0.850. The maximum absolute atomic E-state index is 11.5. The largest absolute Gasteiger partial charge is 0.393 e. The lowest BCUT2D eigenvalue weighted by Gasteiger charge is -2.31. The van der Waals surface area contributed by atoms with Crippen molar-refractivity contribution in [2.24, 2.45) is 0 Å². The van der Waals surface area contributed by atoms with Gasteiger partial charge in [0.2, 0.25) is 0 Å². The summed E-state index contributed by atoms with van der Waals surface area (Å²) in [5.41, 5.74) is -0.165. The first kappa shape index (κ1) is 9.85. The van der Waals surface area contributed by atoms with E-state index in [1.54, 1.807) is 0 Å². The van der Waals surface area contributed by atoms with E-state index in [-0.39, 0.29) is 29.3 Å². The van der Waals surface area contributed by atoms with Crippen molar-refractivity contribution in [2.45, 2.75) is 25.0 Å². The van der Waals surface area contributed by atoms with Crippen LogP contribution in [0.5, 0.6) is 0 Å². The van der Waals surface area contributed by atoms with Crippen LogP contribution in [0, 0.1) is 0 Å². The van der Waals surface area contributed by atoms with Crippen molar-refractivity contribution in [3.8, 4) is 0 Å². The summed E-state index contributed by atoms with van der Waals surface area (Å²) in [5, 5.41) is 17.5. The Bertz CT molecular complexity index is 402. The van der Waals surface area contributed by atoms with Gasteiger partial charge in [-0.15, -0.1) is 0 Å². The number of aromatic nitrogens is 2. The van der Waals surface area contributed by atoms with E-state index in [0.29, 0.717) is 12.8 Å². The minimum Gasteiger partial charge on any atom is -0.393 e. The third kappa shape index (κ3) is 2.21. The van der Waals surface area contributed by atoms with Crippen molar-refractivity contribution in [1.29, 1.82) is 0 Å². The lowest BCUT2D eigenvalue weighted by atomic mass is 9.89. The van der Waals surface area contributed by atoms with Gasteiger partial charge in [-0.3, -0.25) is 9.59 Å². The van der Waals surface area contributed by atoms with Crippen LogP contribution in [0.2, 0.25) is 0 Å². The molecular formula is C9H11N3O3. The second-order valence-corrected chi connectivity index (χ2v) is 3.60. The van der Waals surface area contributed by atoms with E-state index in [0.717, 1.165) is 0 Å². The zero-order chi connectivity index (χ0) is 10.8. The molecule has 0 unspecified atom stereocenters. The molecule has 2 rings (SSSR count). The first-order valence-corrected chi connectivity index (χ1v) is 4.70. The Hall–Kier alpha value is -1.69. The van der Waals surface area contributed by atoms with Crippen LogP contribution in [0.4, 0.5) is 0 Å². The van der Waals surface area contributed by atoms with E-state index in [1.165, 1.54) is 12.1 Å². The highest BCUT2D eigenvalue weighted by molar-refractivity contribution is 5.92. The van der Waals surface area contributed by atoms with Gasteiger partial charge in [-0.05, 0) is 18.9 Å². The topological polar surface area (TPSA) is 95.1 Å². The number of H-pyrrole nitrogens is 1. The van der Waals surface area contributed by atoms with Crippen LogP contribution in [0.1, 0.15) is 23.3 Å². The number of rotatable bonds is 2. The fourth-order valence-electron chi connectivity index (χ4n) is 1.44. The predicted molar refractivity (Wildman–Crippen MR) is 51.4 cm³/mol. The fraction of sp³-hybridized carbons (Fsp3) is 0.444. The number of carbonyl (C=O) groups excluding carboxylic acids is 1. The molecule has 1 heterocycles. The SMILES string of the molecule is O=C(NC1CC(O)C1)c1ccc(=O)[nH]n1. The number of carbonyl (C=O) groups is 1. The molecular weight excluding hydrogens is 198 g/mol. The van der Waals surface area contributed by atoms with Crippen LogP contribution < -0.4 is 10.9 Å². The molecule has 0 radical (unpaired) electrons. The molecule has 0 aliphatic heterocycles. The molecule has 80 valence electrons. The first-order chi connectivity index (χ1) is 7.15. The van der Waals surface area contributed by atoms with Crippen LogP contribution in [0.15, 0.2) is 16.9 Å². The normalized spacial score (nSPS) is 24.3. The summed E-state index contributed by atoms with van der Waals surface area (Å²) < 4.78 is 0. The Balaban J connectivity index is 1.96. The smallest absolute Gasteiger partial charge is 0.271 e. The second kappa shape index (κ2) is 3.82. The Kier molecular flexibility index (Phi) is 2.51. The van der Waals surface area contributed by atoms with Gasteiger partial charge in [0.05, 0.1) is 6.10 Å². The maximum Gasteiger partial charge on any atom is 0.271 e. The van der Waals surface area contributed by atoms with E-state index < -0.39 is 0 Å². The highest BCUT2D eigenvalue weighted by Gasteiger charge is 2.28. The Morgan fingerprint density at radius 3 is 2.80 bits per heavy atom. The van der Waals surface area contributed by atoms with Gasteiger partial charge in [-0.25, -0.2) is 5.10 Å². The molecule has 1 aliphatic carbocycles. The van der Waals surface area contributed by atoms with Crippen LogP contribution in [-0.2, 0) is 0 Å². The molecule has 6 nitrogen and oxygen atoms in total. The number of hydrogen-bond donors (Lipinski definition) is 3. The van der Waals surface area contributed by atoms with E-state index in [9.17, 15) is 9.59 Å². The number of nitrogens with one attached hydrogen (secondary N) is 2. The van der Waals surface area contributed by atoms with E-state index in [2.05, 4.69) is 15.5 Å². The molecule has 1 aromatic rings. The molecule has 6 heteroatoms. The van der Waals surface area contributed by atoms with Gasteiger partial charge >= 0.3 is 0 Å². The van der Waals surface area contributed by atoms with Gasteiger partial charge < -0.3 is 10.4 Å². The fourth-order valence-corrected chi connectivity index (χ4v) is 1.44. The van der Waals surface area contributed by atoms with Crippen LogP contribution >= 0.6 is 0 Å². The average Bonchev–Trinajstić information content (AvgIpc) is 2.16. The molecule has 15 heavy (non-hydrogen) atoms. The first-order valence-electron chi connectivity index (χ1n) is 4.70. The molecule has 0 atom stereocenters. The number of amides is 1. The lowest BCUT2D eigenvalue weighted by Crippen LogP contribution is -2.47. The average molecular weight is 209 g/mol. The van der Waals surface area contributed by atoms with Gasteiger partial charge in [0.1, 0.15) is 5.69 Å². The van der Waals surface area contributed by atoms with Gasteiger partial charge in [-0.1, -0.05) is 0 Å². The molecule has 3 N–H and O–H groups in total. The molecule has 0 spiro atoms. The zero-order valence-corrected chi connectivity index (χ0v) is 7.93. The number of aliphatic hydroxyl groups excluding tert-OH is 1. The van der Waals surface area contributed by atoms with Gasteiger partial charge in [0.15, 0.2) is 0 Å². The summed E-state index contributed by atoms with van der Waals surface area (Å²) in [7, 11) is 0. The molecule has 1 fully saturated rings. The van der Waals surface area contributed by atoms with Crippen molar-refractivity contribution < 1.29 is 9.90 Å². The standard InChI is InChI=1S/C9H11N3O3/c13-6-3-5(4-6)10-9(15)7-1-2-8(14)12-11-7/h1-2,5-6,13H,3-4H2,(H,10,15)(H,12,14). The van der Waals surface area contributed by atoms with Crippen LogP contribution in [-0.4, -0.2) is 33.4 Å². The molecule has 1 aliphatic rings. The highest BCUT2D eigenvalue weighted by Crippen LogP contribution is 2.19. The van der Waals surface area contributed by atoms with Crippen LogP contribution in [0.3, 0.4) is 0 Å². The van der Waals surface area contributed by atoms with Crippen molar-refractivity contribution >= 4 is 5.91 Å². The van der Waals surface area contributed by atoms with E-state index in [4.69, 9.17) is 5.11 Å². The van der Waals surface area contributed by atoms with Crippen molar-refractivity contribution in [3.05, 3.63) is 28.2 Å². The molecule has 1 saturated carbocycles. The van der Waals surface area contributed by atoms with Gasteiger partial charge in [0, 0.05) is 12.1 Å². The number of nitrogens with zero attached hydrogens (tertiary/aromatic N) is 1. The third-order valence-corrected chi connectivity index (χ3v) is 2.36. The third-order valence-electron chi connectivity index (χ3n) is 2.36. The van der Waals surface area contributed by atoms with E-state index >= 15 is 0 Å². The summed E-state index contributed by atoms with van der Waals surface area (Å²) in [6.45, 7) is 0. The Labute approximate surface area is 85.3 Å². The minimum absolute atomic E-state index is 0.0150. The van der Waals surface area contributed by atoms with Crippen LogP contribution in [0.25, 0.3) is 0 Å². The molecule has 1 amide bonds. The number of aromatic amines is 1. The monoisotopic (exact) mass is 209 g/mol. The molecule has 1 aromatic heterocycles. The van der Waals surface area contributed by atoms with Crippen molar-refractivity contribution in [1.82, 2.24) is 15.5 Å². The quantitative estimate of drug-likeness (QED) is 0.583. The van der Waals surface area contributed by atoms with Crippen molar-refractivity contribution in [3.63, 3.8) is 0 Å². The second-order valence-electron chi connectivity index (χ2n) is 3.60. The Morgan fingerprint density at radius 1 is 1.53 bits per heavy atom. The highest BCUT2D eigenvalue weighted by atomic mass is 16.3. The summed E-state index contributed by atoms with van der Waals surface area (Å²) in [5.74, 6) is -0.330. The summed E-state index contributed by atoms with van der Waals surface area (Å²) >= 11 is 0. The van der Waals surface area contributed by atoms with Crippen molar-refractivity contribution in [2.75, 3.05) is 0 Å². The lowest BCUT2D eigenvalue weighted by molar-refractivity contribution is 0.0560. The Morgan fingerprint density at radius 2 is 2.27 bits per heavy atom. The summed E-state index contributed by atoms with van der Waals surface area (Å²) in [6, 6.07) is 2.63. The van der Waals surface area contributed by atoms with Gasteiger partial charge in [0.25, 0.3) is 11.5 Å². The molecule has 0 saturated heterocycles. The minimum atomic E-state index is -0.342. The van der Waals surface area contributed by atoms with Gasteiger partial charge in [-0.2, -0.15) is 5.10 Å². The number of aliphatic hydroxyl groups is 1. The molecule has 0 bridgehead atoms. The zero-order valence-electron chi connectivity index (χ0n) is 7.93. The van der Waals surface area contributed by atoms with E-state index in [1.807, 2.05) is 0 Å². The molecule has 0 aromatic carbocycles.